The highest BCUT2D eigenvalue weighted by Crippen LogP contribution is 2.23. The predicted octanol–water partition coefficient (Wildman–Crippen LogP) is 2.53. The first kappa shape index (κ1) is 16.6. The molecule has 0 bridgehead atoms. The number of nitrogens with one attached hydrogen (secondary N) is 1. The molecule has 6 nitrogen and oxygen atoms in total. The largest absolute Gasteiger partial charge is 0.366 e. The summed E-state index contributed by atoms with van der Waals surface area (Å²) in [5, 5.41) is 5.90. The number of anilines is 1. The van der Waals surface area contributed by atoms with Crippen LogP contribution in [0.4, 0.5) is 5.00 Å². The minimum Gasteiger partial charge on any atom is -0.366 e. The molecule has 8 heteroatoms. The van der Waals surface area contributed by atoms with Gasteiger partial charge < -0.3 is 11.1 Å². The Bertz CT molecular complexity index is 854. The number of hydrogen-bond donors (Lipinski definition) is 2. The third kappa shape index (κ3) is 3.78. The Morgan fingerprint density at radius 1 is 1.29 bits per heavy atom. The maximum atomic E-state index is 12.1. The lowest BCUT2D eigenvalue weighted by Gasteiger charge is -2.14. The number of para-hydroxylation sites is 1. The van der Waals surface area contributed by atoms with Gasteiger partial charge in [-0.1, -0.05) is 12.1 Å². The van der Waals surface area contributed by atoms with Crippen LogP contribution in [0.1, 0.15) is 15.4 Å². The molecule has 0 atom stereocenters. The van der Waals surface area contributed by atoms with Crippen molar-refractivity contribution < 1.29 is 9.59 Å². The van der Waals surface area contributed by atoms with Crippen molar-refractivity contribution in [2.45, 2.75) is 6.54 Å². The lowest BCUT2D eigenvalue weighted by atomic mass is 10.3. The van der Waals surface area contributed by atoms with Crippen LogP contribution in [-0.4, -0.2) is 35.3 Å². The number of carbonyl (C=O) groups is 2. The second-order valence-electron chi connectivity index (χ2n) is 5.32. The zero-order valence-electron chi connectivity index (χ0n) is 13.0. The van der Waals surface area contributed by atoms with Gasteiger partial charge in [-0.3, -0.25) is 14.5 Å². The molecule has 3 N–H and O–H groups in total. The van der Waals surface area contributed by atoms with Gasteiger partial charge in [-0.15, -0.1) is 22.7 Å². The fraction of sp³-hybridized carbons (Fsp3) is 0.188. The number of aromatic nitrogens is 1. The number of likely N-dealkylation sites (N-methyl/N-ethyl adjacent to an activating group) is 1. The van der Waals surface area contributed by atoms with Gasteiger partial charge in [0.2, 0.25) is 5.91 Å². The molecule has 0 radical (unpaired) electrons. The Morgan fingerprint density at radius 3 is 2.83 bits per heavy atom. The normalized spacial score (nSPS) is 11.1. The highest BCUT2D eigenvalue weighted by Gasteiger charge is 2.14. The van der Waals surface area contributed by atoms with Crippen molar-refractivity contribution in [1.82, 2.24) is 9.88 Å². The van der Waals surface area contributed by atoms with Crippen molar-refractivity contribution in [2.24, 2.45) is 5.73 Å². The van der Waals surface area contributed by atoms with Gasteiger partial charge in [0.05, 0.1) is 28.9 Å². The van der Waals surface area contributed by atoms with Crippen LogP contribution >= 0.6 is 22.7 Å². The highest BCUT2D eigenvalue weighted by atomic mass is 32.1. The van der Waals surface area contributed by atoms with Gasteiger partial charge in [-0.05, 0) is 30.6 Å². The number of benzene rings is 1. The smallest absolute Gasteiger partial charge is 0.251 e. The molecule has 3 rings (SSSR count). The van der Waals surface area contributed by atoms with Crippen LogP contribution < -0.4 is 11.1 Å². The average Bonchev–Trinajstić information content (AvgIpc) is 3.12. The van der Waals surface area contributed by atoms with Crippen LogP contribution in [0.2, 0.25) is 0 Å². The van der Waals surface area contributed by atoms with E-state index in [4.69, 9.17) is 5.73 Å². The molecule has 0 fully saturated rings. The van der Waals surface area contributed by atoms with Crippen molar-refractivity contribution >= 4 is 49.7 Å². The molecule has 2 heterocycles. The molecule has 24 heavy (non-hydrogen) atoms. The van der Waals surface area contributed by atoms with Gasteiger partial charge in [-0.25, -0.2) is 4.98 Å². The monoisotopic (exact) mass is 360 g/mol. The number of hydrogen-bond acceptors (Lipinski definition) is 6. The van der Waals surface area contributed by atoms with E-state index in [0.717, 1.165) is 15.2 Å². The van der Waals surface area contributed by atoms with Crippen molar-refractivity contribution in [3.8, 4) is 0 Å². The zero-order chi connectivity index (χ0) is 17.1. The Hall–Kier alpha value is -2.29. The molecule has 0 aliphatic heterocycles. The molecular formula is C16H16N4O2S2. The fourth-order valence-electron chi connectivity index (χ4n) is 2.29. The summed E-state index contributed by atoms with van der Waals surface area (Å²) in [5.74, 6) is -0.738. The summed E-state index contributed by atoms with van der Waals surface area (Å²) in [4.78, 5) is 29.9. The van der Waals surface area contributed by atoms with E-state index >= 15 is 0 Å². The summed E-state index contributed by atoms with van der Waals surface area (Å²) in [6.45, 7) is 0.784. The van der Waals surface area contributed by atoms with Crippen molar-refractivity contribution in [1.29, 1.82) is 0 Å². The summed E-state index contributed by atoms with van der Waals surface area (Å²) < 4.78 is 1.13. The standard InChI is InChI=1S/C16H16N4O2S2/c1-20(9-14-18-11-4-2-3-5-12(11)24-14)8-13(21)19-16-10(15(17)22)6-7-23-16/h2-7H,8-9H2,1H3,(H2,17,22)(H,19,21). The number of rotatable bonds is 6. The Labute approximate surface area is 146 Å². The molecule has 0 aliphatic carbocycles. The molecule has 0 spiro atoms. The second kappa shape index (κ2) is 7.08. The van der Waals surface area contributed by atoms with E-state index in [1.54, 1.807) is 22.8 Å². The van der Waals surface area contributed by atoms with Gasteiger partial charge in [0.1, 0.15) is 10.0 Å². The number of nitrogens with two attached hydrogens (primary N) is 1. The molecule has 2 aromatic heterocycles. The molecular weight excluding hydrogens is 344 g/mol. The maximum absolute atomic E-state index is 12.1. The second-order valence-corrected chi connectivity index (χ2v) is 7.35. The van der Waals surface area contributed by atoms with Crippen LogP contribution in [0.3, 0.4) is 0 Å². The zero-order valence-corrected chi connectivity index (χ0v) is 14.6. The van der Waals surface area contributed by atoms with Crippen LogP contribution in [-0.2, 0) is 11.3 Å². The minimum atomic E-state index is -0.547. The van der Waals surface area contributed by atoms with E-state index in [1.807, 2.05) is 36.2 Å². The van der Waals surface area contributed by atoms with Crippen molar-refractivity contribution in [3.63, 3.8) is 0 Å². The predicted molar refractivity (Wildman–Crippen MR) is 97.4 cm³/mol. The highest BCUT2D eigenvalue weighted by molar-refractivity contribution is 7.18. The van der Waals surface area contributed by atoms with Gasteiger partial charge in [-0.2, -0.15) is 0 Å². The van der Waals surface area contributed by atoms with Crippen molar-refractivity contribution in [3.05, 3.63) is 46.3 Å². The number of thiazole rings is 1. The number of nitrogens with zero attached hydrogens (tertiary/aromatic N) is 2. The first-order chi connectivity index (χ1) is 11.5. The van der Waals surface area contributed by atoms with Crippen LogP contribution in [0.5, 0.6) is 0 Å². The number of thiophene rings is 1. The van der Waals surface area contributed by atoms with Gasteiger partial charge in [0.25, 0.3) is 5.91 Å². The first-order valence-corrected chi connectivity index (χ1v) is 8.92. The minimum absolute atomic E-state index is 0.191. The van der Waals surface area contributed by atoms with E-state index in [-0.39, 0.29) is 12.5 Å². The number of amides is 2. The van der Waals surface area contributed by atoms with E-state index < -0.39 is 5.91 Å². The lowest BCUT2D eigenvalue weighted by Crippen LogP contribution is -2.30. The summed E-state index contributed by atoms with van der Waals surface area (Å²) in [7, 11) is 1.86. The number of carbonyl (C=O) groups excluding carboxylic acids is 2. The lowest BCUT2D eigenvalue weighted by molar-refractivity contribution is -0.117. The molecule has 3 aromatic rings. The third-order valence-corrected chi connectivity index (χ3v) is 5.19. The molecule has 124 valence electrons. The van der Waals surface area contributed by atoms with E-state index in [2.05, 4.69) is 10.3 Å². The van der Waals surface area contributed by atoms with Crippen LogP contribution in [0, 0.1) is 0 Å². The van der Waals surface area contributed by atoms with Gasteiger partial charge >= 0.3 is 0 Å². The molecule has 0 saturated carbocycles. The Kier molecular flexibility index (Phi) is 4.89. The van der Waals surface area contributed by atoms with Crippen LogP contribution in [0.15, 0.2) is 35.7 Å². The van der Waals surface area contributed by atoms with Gasteiger partial charge in [0, 0.05) is 0 Å². The molecule has 0 saturated heterocycles. The number of fused-ring (bicyclic) bond motifs is 1. The summed E-state index contributed by atoms with van der Waals surface area (Å²) in [5.41, 5.74) is 6.58. The van der Waals surface area contributed by atoms with Crippen LogP contribution in [0.25, 0.3) is 10.2 Å². The summed E-state index contributed by atoms with van der Waals surface area (Å²) in [6.07, 6.45) is 0. The van der Waals surface area contributed by atoms with E-state index in [1.165, 1.54) is 11.3 Å². The fourth-order valence-corrected chi connectivity index (χ4v) is 4.14. The SMILES string of the molecule is CN(CC(=O)Nc1sccc1C(N)=O)Cc1nc2ccccc2s1. The van der Waals surface area contributed by atoms with E-state index in [9.17, 15) is 9.59 Å². The topological polar surface area (TPSA) is 88.3 Å². The Morgan fingerprint density at radius 2 is 2.08 bits per heavy atom. The Balaban J connectivity index is 1.59. The maximum Gasteiger partial charge on any atom is 0.251 e. The molecule has 1 aromatic carbocycles. The van der Waals surface area contributed by atoms with Gasteiger partial charge in [0.15, 0.2) is 0 Å². The number of primary amides is 1. The van der Waals surface area contributed by atoms with Crippen molar-refractivity contribution in [2.75, 3.05) is 18.9 Å². The summed E-state index contributed by atoms with van der Waals surface area (Å²) in [6, 6.07) is 9.56. The first-order valence-electron chi connectivity index (χ1n) is 7.23. The molecule has 2 amide bonds. The molecule has 0 aliphatic rings. The summed E-state index contributed by atoms with van der Waals surface area (Å²) >= 11 is 2.90. The van der Waals surface area contributed by atoms with E-state index in [0.29, 0.717) is 17.1 Å². The molecule has 0 unspecified atom stereocenters. The third-order valence-electron chi connectivity index (χ3n) is 3.34. The average molecular weight is 360 g/mol. The quantitative estimate of drug-likeness (QED) is 0.707.